The number of carbonyl (C=O) groups excluding carboxylic acids is 1. The molecule has 2 atom stereocenters. The molecule has 0 N–H and O–H groups in total. The van der Waals surface area contributed by atoms with E-state index < -0.39 is 0 Å². The molecule has 23 heavy (non-hydrogen) atoms. The van der Waals surface area contributed by atoms with E-state index in [0.29, 0.717) is 6.42 Å². The Labute approximate surface area is 144 Å². The van der Waals surface area contributed by atoms with Crippen molar-refractivity contribution in [1.29, 1.82) is 0 Å². The summed E-state index contributed by atoms with van der Waals surface area (Å²) in [4.78, 5) is 11.0. The average molecular weight is 323 g/mol. The first kappa shape index (κ1) is 20.3. The molecule has 0 radical (unpaired) electrons. The van der Waals surface area contributed by atoms with E-state index in [4.69, 9.17) is 0 Å². The van der Waals surface area contributed by atoms with Crippen molar-refractivity contribution >= 4 is 5.97 Å². The predicted octanol–water partition coefficient (Wildman–Crippen LogP) is 6.44. The van der Waals surface area contributed by atoms with Crippen LogP contribution in [-0.2, 0) is 9.53 Å². The first-order valence-corrected chi connectivity index (χ1v) is 10.0. The van der Waals surface area contributed by atoms with Crippen molar-refractivity contribution in [3.8, 4) is 0 Å². The third kappa shape index (κ3) is 10.6. The van der Waals surface area contributed by atoms with Gasteiger partial charge in [-0.05, 0) is 43.9 Å². The van der Waals surface area contributed by atoms with Crippen molar-refractivity contribution < 1.29 is 9.53 Å². The van der Waals surface area contributed by atoms with Crippen LogP contribution in [0.2, 0.25) is 0 Å². The molecule has 0 saturated heterocycles. The molecule has 1 aliphatic rings. The summed E-state index contributed by atoms with van der Waals surface area (Å²) in [5.74, 6) is 1.62. The Hall–Kier alpha value is -0.790. The number of carbonyl (C=O) groups is 1. The number of ether oxygens (including phenoxy) is 1. The van der Waals surface area contributed by atoms with Crippen LogP contribution in [0, 0.1) is 11.8 Å². The maximum atomic E-state index is 11.0. The van der Waals surface area contributed by atoms with Gasteiger partial charge in [0.2, 0.25) is 0 Å². The fraction of sp³-hybridized carbons (Fsp3) is 0.857. The largest absolute Gasteiger partial charge is 0.469 e. The van der Waals surface area contributed by atoms with Crippen LogP contribution in [-0.4, -0.2) is 13.1 Å². The van der Waals surface area contributed by atoms with Gasteiger partial charge in [-0.2, -0.15) is 0 Å². The Kier molecular flexibility index (Phi) is 12.0. The van der Waals surface area contributed by atoms with Gasteiger partial charge in [-0.1, -0.05) is 70.4 Å². The molecule has 2 heteroatoms. The van der Waals surface area contributed by atoms with Crippen molar-refractivity contribution in [3.05, 3.63) is 12.2 Å². The van der Waals surface area contributed by atoms with Crippen LogP contribution in [0.1, 0.15) is 96.8 Å². The second kappa shape index (κ2) is 13.6. The lowest BCUT2D eigenvalue weighted by molar-refractivity contribution is -0.140. The molecule has 0 heterocycles. The molecule has 2 unspecified atom stereocenters. The van der Waals surface area contributed by atoms with E-state index >= 15 is 0 Å². The Morgan fingerprint density at radius 2 is 1.39 bits per heavy atom. The molecule has 2 nitrogen and oxygen atoms in total. The van der Waals surface area contributed by atoms with Gasteiger partial charge < -0.3 is 4.74 Å². The minimum atomic E-state index is -0.0680. The zero-order chi connectivity index (χ0) is 16.8. The van der Waals surface area contributed by atoms with Crippen LogP contribution >= 0.6 is 0 Å². The van der Waals surface area contributed by atoms with E-state index in [2.05, 4.69) is 23.8 Å². The topological polar surface area (TPSA) is 26.3 Å². The number of hydrogen-bond donors (Lipinski definition) is 0. The lowest BCUT2D eigenvalue weighted by Crippen LogP contribution is -2.09. The molecular weight excluding hydrogens is 284 g/mol. The molecule has 1 rings (SSSR count). The summed E-state index contributed by atoms with van der Waals surface area (Å²) in [7, 11) is 1.47. The molecule has 0 aliphatic heterocycles. The Morgan fingerprint density at radius 3 is 1.91 bits per heavy atom. The Morgan fingerprint density at radius 1 is 0.870 bits per heavy atom. The Bertz CT molecular complexity index is 322. The highest BCUT2D eigenvalue weighted by molar-refractivity contribution is 5.68. The van der Waals surface area contributed by atoms with Crippen LogP contribution in [0.5, 0.6) is 0 Å². The second-order valence-electron chi connectivity index (χ2n) is 7.21. The highest BCUT2D eigenvalue weighted by Crippen LogP contribution is 2.29. The van der Waals surface area contributed by atoms with Crippen molar-refractivity contribution in [2.75, 3.05) is 7.11 Å². The highest BCUT2D eigenvalue weighted by Gasteiger charge is 2.15. The number of rotatable bonds is 13. The van der Waals surface area contributed by atoms with Gasteiger partial charge in [0.25, 0.3) is 0 Å². The van der Waals surface area contributed by atoms with Gasteiger partial charge in [-0.25, -0.2) is 0 Å². The number of allylic oxidation sites excluding steroid dienone is 2. The molecule has 0 bridgehead atoms. The lowest BCUT2D eigenvalue weighted by atomic mass is 9.83. The number of hydrogen-bond acceptors (Lipinski definition) is 2. The van der Waals surface area contributed by atoms with Gasteiger partial charge in [-0.3, -0.25) is 4.79 Å². The lowest BCUT2D eigenvalue weighted by Gasteiger charge is -2.22. The summed E-state index contributed by atoms with van der Waals surface area (Å²) in [6.45, 7) is 2.28. The molecule has 0 saturated carbocycles. The highest BCUT2D eigenvalue weighted by atomic mass is 16.5. The molecule has 1 aliphatic carbocycles. The molecule has 134 valence electrons. The van der Waals surface area contributed by atoms with Crippen LogP contribution in [0.4, 0.5) is 0 Å². The summed E-state index contributed by atoms with van der Waals surface area (Å²) in [6.07, 6.45) is 22.8. The Balaban J connectivity index is 1.95. The predicted molar refractivity (Wildman–Crippen MR) is 98.4 cm³/mol. The molecule has 0 fully saturated rings. The minimum Gasteiger partial charge on any atom is -0.469 e. The zero-order valence-corrected chi connectivity index (χ0v) is 15.5. The van der Waals surface area contributed by atoms with E-state index in [0.717, 1.165) is 24.7 Å². The molecule has 0 aromatic carbocycles. The second-order valence-corrected chi connectivity index (χ2v) is 7.21. The summed E-state index contributed by atoms with van der Waals surface area (Å²) >= 11 is 0. The minimum absolute atomic E-state index is 0.0680. The van der Waals surface area contributed by atoms with E-state index in [1.165, 1.54) is 77.7 Å². The summed E-state index contributed by atoms with van der Waals surface area (Å²) in [6, 6.07) is 0. The molecular formula is C21H38O2. The van der Waals surface area contributed by atoms with Crippen molar-refractivity contribution in [2.45, 2.75) is 96.8 Å². The zero-order valence-electron chi connectivity index (χ0n) is 15.5. The maximum absolute atomic E-state index is 11.0. The molecule has 0 spiro atoms. The van der Waals surface area contributed by atoms with Crippen molar-refractivity contribution in [2.24, 2.45) is 11.8 Å². The van der Waals surface area contributed by atoms with Gasteiger partial charge in [0, 0.05) is 6.42 Å². The smallest absolute Gasteiger partial charge is 0.305 e. The SMILES string of the molecule is CCCCCCC1C=CC(CCCCCCCC(=O)OC)CC1. The fourth-order valence-electron chi connectivity index (χ4n) is 3.56. The van der Waals surface area contributed by atoms with E-state index in [-0.39, 0.29) is 5.97 Å². The van der Waals surface area contributed by atoms with E-state index in [1.807, 2.05) is 0 Å². The van der Waals surface area contributed by atoms with Crippen molar-refractivity contribution in [3.63, 3.8) is 0 Å². The van der Waals surface area contributed by atoms with Gasteiger partial charge in [0.15, 0.2) is 0 Å². The molecule has 0 aromatic heterocycles. The first-order chi connectivity index (χ1) is 11.3. The van der Waals surface area contributed by atoms with Gasteiger partial charge in [0.1, 0.15) is 0 Å². The quantitative estimate of drug-likeness (QED) is 0.221. The third-order valence-electron chi connectivity index (χ3n) is 5.18. The number of unbranched alkanes of at least 4 members (excludes halogenated alkanes) is 7. The van der Waals surface area contributed by atoms with E-state index in [9.17, 15) is 4.79 Å². The monoisotopic (exact) mass is 322 g/mol. The van der Waals surface area contributed by atoms with E-state index in [1.54, 1.807) is 0 Å². The fourth-order valence-corrected chi connectivity index (χ4v) is 3.56. The van der Waals surface area contributed by atoms with Gasteiger partial charge in [0.05, 0.1) is 7.11 Å². The standard InChI is InChI=1S/C21H38O2/c1-3-4-5-9-12-19-15-17-20(18-16-19)13-10-7-6-8-11-14-21(22)23-2/h15,17,19-20H,3-14,16,18H2,1-2H3. The maximum Gasteiger partial charge on any atom is 0.305 e. The third-order valence-corrected chi connectivity index (χ3v) is 5.18. The van der Waals surface area contributed by atoms with Crippen molar-refractivity contribution in [1.82, 2.24) is 0 Å². The average Bonchev–Trinajstić information content (AvgIpc) is 2.58. The summed E-state index contributed by atoms with van der Waals surface area (Å²) < 4.78 is 4.66. The van der Waals surface area contributed by atoms with Crippen LogP contribution < -0.4 is 0 Å². The molecule has 0 amide bonds. The van der Waals surface area contributed by atoms with Crippen LogP contribution in [0.3, 0.4) is 0 Å². The number of methoxy groups -OCH3 is 1. The van der Waals surface area contributed by atoms with Crippen LogP contribution in [0.25, 0.3) is 0 Å². The number of esters is 1. The normalized spacial score (nSPS) is 20.6. The molecule has 0 aromatic rings. The van der Waals surface area contributed by atoms with Gasteiger partial charge >= 0.3 is 5.97 Å². The summed E-state index contributed by atoms with van der Waals surface area (Å²) in [5.41, 5.74) is 0. The van der Waals surface area contributed by atoms with Gasteiger partial charge in [-0.15, -0.1) is 0 Å². The first-order valence-electron chi connectivity index (χ1n) is 10.0. The summed E-state index contributed by atoms with van der Waals surface area (Å²) in [5, 5.41) is 0. The van der Waals surface area contributed by atoms with Crippen LogP contribution in [0.15, 0.2) is 12.2 Å².